The average molecular weight is 213 g/mol. The zero-order chi connectivity index (χ0) is 10.4. The van der Waals surface area contributed by atoms with E-state index in [9.17, 15) is 4.79 Å². The fraction of sp³-hybridized carbons (Fsp3) is 0.556. The molecule has 1 aromatic rings. The van der Waals surface area contributed by atoms with Gasteiger partial charge in [0.1, 0.15) is 0 Å². The number of aryl methyl sites for hydroxylation is 1. The quantitative estimate of drug-likeness (QED) is 0.750. The Labute approximate surface area is 87.5 Å². The normalized spacial score (nSPS) is 12.4. The lowest BCUT2D eigenvalue weighted by molar-refractivity contribution is -0.121. The lowest BCUT2D eigenvalue weighted by atomic mass is 10.2. The molecule has 1 heterocycles. The summed E-state index contributed by atoms with van der Waals surface area (Å²) in [5.41, 5.74) is 5.39. The van der Waals surface area contributed by atoms with Crippen LogP contribution in [-0.2, 0) is 11.2 Å². The zero-order valence-corrected chi connectivity index (χ0v) is 9.01. The predicted molar refractivity (Wildman–Crippen MR) is 57.1 cm³/mol. The lowest BCUT2D eigenvalue weighted by Gasteiger charge is -2.10. The zero-order valence-electron chi connectivity index (χ0n) is 8.19. The van der Waals surface area contributed by atoms with Crippen LogP contribution in [0.4, 0.5) is 0 Å². The molecule has 0 bridgehead atoms. The third-order valence-corrected chi connectivity index (χ3v) is 2.65. The van der Waals surface area contributed by atoms with Crippen LogP contribution in [0, 0.1) is 0 Å². The molecule has 1 amide bonds. The molecule has 78 valence electrons. The fourth-order valence-electron chi connectivity index (χ4n) is 1.00. The molecule has 0 aromatic carbocycles. The molecule has 0 fully saturated rings. The van der Waals surface area contributed by atoms with Gasteiger partial charge >= 0.3 is 0 Å². The van der Waals surface area contributed by atoms with Crippen molar-refractivity contribution in [2.75, 3.05) is 6.54 Å². The predicted octanol–water partition coefficient (Wildman–Crippen LogP) is 0.539. The molecule has 0 spiro atoms. The van der Waals surface area contributed by atoms with Gasteiger partial charge in [-0.05, 0) is 6.92 Å². The van der Waals surface area contributed by atoms with E-state index in [2.05, 4.69) is 10.3 Å². The summed E-state index contributed by atoms with van der Waals surface area (Å²) in [7, 11) is 0. The highest BCUT2D eigenvalue weighted by Gasteiger charge is 2.06. The van der Waals surface area contributed by atoms with Crippen LogP contribution in [0.2, 0.25) is 0 Å². The number of amides is 1. The van der Waals surface area contributed by atoms with Gasteiger partial charge in [0.2, 0.25) is 5.91 Å². The Balaban J connectivity index is 2.22. The Kier molecular flexibility index (Phi) is 4.55. The second-order valence-electron chi connectivity index (χ2n) is 3.13. The molecule has 14 heavy (non-hydrogen) atoms. The van der Waals surface area contributed by atoms with Gasteiger partial charge in [0.15, 0.2) is 0 Å². The van der Waals surface area contributed by atoms with Crippen LogP contribution in [0.15, 0.2) is 11.6 Å². The van der Waals surface area contributed by atoms with Crippen molar-refractivity contribution < 1.29 is 4.79 Å². The number of carbonyl (C=O) groups excluding carboxylic acids is 1. The van der Waals surface area contributed by atoms with Crippen LogP contribution in [0.3, 0.4) is 0 Å². The first kappa shape index (κ1) is 11.1. The molecule has 0 radical (unpaired) electrons. The number of hydrogen-bond donors (Lipinski definition) is 2. The molecular weight excluding hydrogens is 198 g/mol. The summed E-state index contributed by atoms with van der Waals surface area (Å²) in [6, 6.07) is 0.0544. The van der Waals surface area contributed by atoms with E-state index in [4.69, 9.17) is 5.73 Å². The molecule has 1 aromatic heterocycles. The van der Waals surface area contributed by atoms with E-state index in [1.54, 1.807) is 17.5 Å². The Hall–Kier alpha value is -0.940. The van der Waals surface area contributed by atoms with Crippen molar-refractivity contribution >= 4 is 17.2 Å². The molecular formula is C9H15N3OS. The monoisotopic (exact) mass is 213 g/mol. The molecule has 1 atom stereocenters. The summed E-state index contributed by atoms with van der Waals surface area (Å²) in [6.07, 6.45) is 2.94. The van der Waals surface area contributed by atoms with Crippen LogP contribution >= 0.6 is 11.3 Å². The fourth-order valence-corrected chi connectivity index (χ4v) is 1.62. The second kappa shape index (κ2) is 5.72. The first-order valence-electron chi connectivity index (χ1n) is 4.60. The van der Waals surface area contributed by atoms with E-state index in [1.807, 2.05) is 12.3 Å². The molecule has 0 aliphatic rings. The van der Waals surface area contributed by atoms with E-state index in [-0.39, 0.29) is 11.9 Å². The Bertz CT molecular complexity index is 274. The number of nitrogens with one attached hydrogen (secondary N) is 1. The molecule has 0 aliphatic carbocycles. The van der Waals surface area contributed by atoms with Crippen molar-refractivity contribution in [3.05, 3.63) is 16.6 Å². The third-order valence-electron chi connectivity index (χ3n) is 1.81. The molecule has 4 nitrogen and oxygen atoms in total. The number of hydrogen-bond acceptors (Lipinski definition) is 4. The van der Waals surface area contributed by atoms with Gasteiger partial charge in [0.25, 0.3) is 0 Å². The molecule has 0 unspecified atom stereocenters. The maximum Gasteiger partial charge on any atom is 0.220 e. The van der Waals surface area contributed by atoms with Gasteiger partial charge in [-0.3, -0.25) is 4.79 Å². The summed E-state index contributed by atoms with van der Waals surface area (Å²) in [6.45, 7) is 2.37. The second-order valence-corrected chi connectivity index (χ2v) is 4.11. The largest absolute Gasteiger partial charge is 0.352 e. The SMILES string of the molecule is C[C@@H](CN)NC(=O)CCc1nccs1. The van der Waals surface area contributed by atoms with Crippen LogP contribution in [0.25, 0.3) is 0 Å². The van der Waals surface area contributed by atoms with Crippen molar-refractivity contribution in [1.82, 2.24) is 10.3 Å². The standard InChI is InChI=1S/C9H15N3OS/c1-7(6-10)12-8(13)2-3-9-11-4-5-14-9/h4-5,7H,2-3,6,10H2,1H3,(H,12,13)/t7-/m0/s1. The van der Waals surface area contributed by atoms with Gasteiger partial charge in [0.05, 0.1) is 5.01 Å². The molecule has 0 saturated heterocycles. The van der Waals surface area contributed by atoms with Gasteiger partial charge in [-0.25, -0.2) is 4.98 Å². The van der Waals surface area contributed by atoms with Crippen molar-refractivity contribution in [2.45, 2.75) is 25.8 Å². The van der Waals surface area contributed by atoms with Crippen LogP contribution in [-0.4, -0.2) is 23.5 Å². The molecule has 3 N–H and O–H groups in total. The highest BCUT2D eigenvalue weighted by molar-refractivity contribution is 7.09. The van der Waals surface area contributed by atoms with Crippen LogP contribution in [0.5, 0.6) is 0 Å². The van der Waals surface area contributed by atoms with Crippen molar-refractivity contribution in [3.8, 4) is 0 Å². The van der Waals surface area contributed by atoms with E-state index in [0.717, 1.165) is 5.01 Å². The Morgan fingerprint density at radius 3 is 3.14 bits per heavy atom. The smallest absolute Gasteiger partial charge is 0.220 e. The Morgan fingerprint density at radius 1 is 1.79 bits per heavy atom. The summed E-state index contributed by atoms with van der Waals surface area (Å²) >= 11 is 1.57. The highest BCUT2D eigenvalue weighted by Crippen LogP contribution is 2.06. The molecule has 5 heteroatoms. The minimum absolute atomic E-state index is 0.0400. The highest BCUT2D eigenvalue weighted by atomic mass is 32.1. The summed E-state index contributed by atoms with van der Waals surface area (Å²) < 4.78 is 0. The number of nitrogens with two attached hydrogens (primary N) is 1. The number of carbonyl (C=O) groups is 1. The molecule has 0 aliphatic heterocycles. The van der Waals surface area contributed by atoms with Gasteiger partial charge in [-0.1, -0.05) is 0 Å². The van der Waals surface area contributed by atoms with Crippen molar-refractivity contribution in [3.63, 3.8) is 0 Å². The summed E-state index contributed by atoms with van der Waals surface area (Å²) in [4.78, 5) is 15.4. The van der Waals surface area contributed by atoms with Crippen molar-refractivity contribution in [1.29, 1.82) is 0 Å². The van der Waals surface area contributed by atoms with Crippen molar-refractivity contribution in [2.24, 2.45) is 5.73 Å². The first-order chi connectivity index (χ1) is 6.72. The van der Waals surface area contributed by atoms with E-state index in [0.29, 0.717) is 19.4 Å². The minimum Gasteiger partial charge on any atom is -0.352 e. The maximum atomic E-state index is 11.3. The van der Waals surface area contributed by atoms with E-state index < -0.39 is 0 Å². The maximum absolute atomic E-state index is 11.3. The number of aromatic nitrogens is 1. The summed E-state index contributed by atoms with van der Waals surface area (Å²) in [5, 5.41) is 5.72. The molecule has 1 rings (SSSR count). The average Bonchev–Trinajstić information content (AvgIpc) is 2.67. The van der Waals surface area contributed by atoms with E-state index in [1.165, 1.54) is 0 Å². The molecule has 0 saturated carbocycles. The first-order valence-corrected chi connectivity index (χ1v) is 5.48. The minimum atomic E-state index is 0.0400. The Morgan fingerprint density at radius 2 is 2.57 bits per heavy atom. The number of rotatable bonds is 5. The number of thiazole rings is 1. The number of nitrogens with zero attached hydrogens (tertiary/aromatic N) is 1. The lowest BCUT2D eigenvalue weighted by Crippen LogP contribution is -2.37. The van der Waals surface area contributed by atoms with E-state index >= 15 is 0 Å². The van der Waals surface area contributed by atoms with Crippen LogP contribution < -0.4 is 11.1 Å². The summed E-state index contributed by atoms with van der Waals surface area (Å²) in [5.74, 6) is 0.0400. The van der Waals surface area contributed by atoms with Gasteiger partial charge < -0.3 is 11.1 Å². The van der Waals surface area contributed by atoms with Gasteiger partial charge in [-0.2, -0.15) is 0 Å². The third kappa shape index (κ3) is 3.85. The van der Waals surface area contributed by atoms with Gasteiger partial charge in [-0.15, -0.1) is 11.3 Å². The van der Waals surface area contributed by atoms with Gasteiger partial charge in [0, 0.05) is 37.0 Å². The van der Waals surface area contributed by atoms with Crippen LogP contribution in [0.1, 0.15) is 18.4 Å². The topological polar surface area (TPSA) is 68.0 Å².